The predicted molar refractivity (Wildman–Crippen MR) is 62.0 cm³/mol. The average Bonchev–Trinajstić information content (AvgIpc) is 2.37. The molecule has 3 N–H and O–H groups in total. The lowest BCUT2D eigenvalue weighted by molar-refractivity contribution is 0.0734. The van der Waals surface area contributed by atoms with Crippen molar-refractivity contribution in [2.75, 3.05) is 26.3 Å². The number of amides is 1. The molecule has 2 rings (SSSR count). The van der Waals surface area contributed by atoms with Gasteiger partial charge >= 0.3 is 0 Å². The molecule has 1 aromatic heterocycles. The molecule has 1 aliphatic rings. The summed E-state index contributed by atoms with van der Waals surface area (Å²) < 4.78 is 5.27. The Kier molecular flexibility index (Phi) is 3.89. The van der Waals surface area contributed by atoms with E-state index in [9.17, 15) is 9.59 Å². The largest absolute Gasteiger partial charge is 0.378 e. The minimum atomic E-state index is -0.281. The first-order chi connectivity index (χ1) is 8.25. The molecule has 1 aliphatic heterocycles. The summed E-state index contributed by atoms with van der Waals surface area (Å²) in [6, 6.07) is 2.98. The standard InChI is InChI=1S/C11H15N3O3/c15-10-5-8(1-2-13-10)11(16)14-6-9-7-17-4-3-12-9/h1-2,5,9,12H,3-4,6-7H2,(H,13,15)(H,14,16). The van der Waals surface area contributed by atoms with Crippen molar-refractivity contribution in [2.45, 2.75) is 6.04 Å². The average molecular weight is 237 g/mol. The Hall–Kier alpha value is -1.66. The Labute approximate surface area is 98.4 Å². The number of hydrogen-bond donors (Lipinski definition) is 3. The van der Waals surface area contributed by atoms with E-state index in [1.807, 2.05) is 0 Å². The van der Waals surface area contributed by atoms with Gasteiger partial charge in [0, 0.05) is 37.0 Å². The van der Waals surface area contributed by atoms with Crippen molar-refractivity contribution < 1.29 is 9.53 Å². The molecule has 1 aromatic rings. The molecule has 0 bridgehead atoms. The van der Waals surface area contributed by atoms with E-state index < -0.39 is 0 Å². The van der Waals surface area contributed by atoms with Crippen LogP contribution in [0.15, 0.2) is 23.1 Å². The van der Waals surface area contributed by atoms with E-state index in [1.165, 1.54) is 12.3 Å². The predicted octanol–water partition coefficient (Wildman–Crippen LogP) is -0.907. The number of pyridine rings is 1. The van der Waals surface area contributed by atoms with Crippen LogP contribution in [0.2, 0.25) is 0 Å². The maximum atomic E-state index is 11.7. The number of aromatic amines is 1. The summed E-state index contributed by atoms with van der Waals surface area (Å²) in [4.78, 5) is 25.2. The summed E-state index contributed by atoms with van der Waals surface area (Å²) >= 11 is 0. The minimum absolute atomic E-state index is 0.134. The molecule has 0 aromatic carbocycles. The maximum absolute atomic E-state index is 11.7. The fourth-order valence-corrected chi connectivity index (χ4v) is 1.65. The third-order valence-electron chi connectivity index (χ3n) is 2.54. The summed E-state index contributed by atoms with van der Waals surface area (Å²) in [5, 5.41) is 5.99. The SMILES string of the molecule is O=C(NCC1COCCN1)c1cc[nH]c(=O)c1. The van der Waals surface area contributed by atoms with E-state index in [0.717, 1.165) is 6.54 Å². The molecule has 0 aliphatic carbocycles. The Morgan fingerprint density at radius 3 is 3.18 bits per heavy atom. The Bertz CT molecular complexity index is 438. The van der Waals surface area contributed by atoms with Crippen LogP contribution in [0.25, 0.3) is 0 Å². The van der Waals surface area contributed by atoms with Crippen LogP contribution in [0.3, 0.4) is 0 Å². The number of rotatable bonds is 3. The van der Waals surface area contributed by atoms with Gasteiger partial charge in [0.1, 0.15) is 0 Å². The molecule has 92 valence electrons. The summed E-state index contributed by atoms with van der Waals surface area (Å²) in [7, 11) is 0. The molecular weight excluding hydrogens is 222 g/mol. The Morgan fingerprint density at radius 1 is 1.59 bits per heavy atom. The van der Waals surface area contributed by atoms with Gasteiger partial charge in [0.15, 0.2) is 0 Å². The molecule has 0 spiro atoms. The van der Waals surface area contributed by atoms with Crippen molar-refractivity contribution in [3.63, 3.8) is 0 Å². The fourth-order valence-electron chi connectivity index (χ4n) is 1.65. The first kappa shape index (κ1) is 11.8. The highest BCUT2D eigenvalue weighted by atomic mass is 16.5. The second-order valence-corrected chi connectivity index (χ2v) is 3.88. The van der Waals surface area contributed by atoms with Gasteiger partial charge in [-0.2, -0.15) is 0 Å². The van der Waals surface area contributed by atoms with E-state index in [1.54, 1.807) is 6.07 Å². The molecule has 17 heavy (non-hydrogen) atoms. The molecule has 1 saturated heterocycles. The second kappa shape index (κ2) is 5.60. The second-order valence-electron chi connectivity index (χ2n) is 3.88. The monoisotopic (exact) mass is 237 g/mol. The van der Waals surface area contributed by atoms with E-state index in [4.69, 9.17) is 4.74 Å². The first-order valence-corrected chi connectivity index (χ1v) is 5.54. The molecule has 1 fully saturated rings. The summed E-state index contributed by atoms with van der Waals surface area (Å²) in [5.41, 5.74) is 0.0854. The van der Waals surface area contributed by atoms with Crippen molar-refractivity contribution in [3.8, 4) is 0 Å². The lowest BCUT2D eigenvalue weighted by atomic mass is 10.2. The Balaban J connectivity index is 1.86. The number of H-pyrrole nitrogens is 1. The summed E-state index contributed by atoms with van der Waals surface area (Å²) in [5.74, 6) is -0.247. The van der Waals surface area contributed by atoms with Crippen LogP contribution in [0, 0.1) is 0 Å². The van der Waals surface area contributed by atoms with E-state index in [0.29, 0.717) is 25.3 Å². The number of ether oxygens (including phenoxy) is 1. The number of carbonyl (C=O) groups is 1. The molecule has 0 saturated carbocycles. The highest BCUT2D eigenvalue weighted by molar-refractivity contribution is 5.93. The zero-order chi connectivity index (χ0) is 12.1. The van der Waals surface area contributed by atoms with Gasteiger partial charge in [-0.15, -0.1) is 0 Å². The van der Waals surface area contributed by atoms with E-state index >= 15 is 0 Å². The van der Waals surface area contributed by atoms with Crippen molar-refractivity contribution in [3.05, 3.63) is 34.2 Å². The molecule has 6 heteroatoms. The fraction of sp³-hybridized carbons (Fsp3) is 0.455. The number of carbonyl (C=O) groups excluding carboxylic acids is 1. The van der Waals surface area contributed by atoms with Gasteiger partial charge in [-0.05, 0) is 6.07 Å². The number of aromatic nitrogens is 1. The summed E-state index contributed by atoms with van der Waals surface area (Å²) in [6.45, 7) is 2.59. The summed E-state index contributed by atoms with van der Waals surface area (Å²) in [6.07, 6.45) is 1.46. The quantitative estimate of drug-likeness (QED) is 0.636. The number of morpholine rings is 1. The van der Waals surface area contributed by atoms with Crippen LogP contribution in [0.4, 0.5) is 0 Å². The third-order valence-corrected chi connectivity index (χ3v) is 2.54. The van der Waals surface area contributed by atoms with Gasteiger partial charge in [-0.1, -0.05) is 0 Å². The van der Waals surface area contributed by atoms with Gasteiger partial charge in [-0.3, -0.25) is 9.59 Å². The van der Waals surface area contributed by atoms with Gasteiger partial charge in [-0.25, -0.2) is 0 Å². The van der Waals surface area contributed by atoms with Crippen molar-refractivity contribution in [2.24, 2.45) is 0 Å². The maximum Gasteiger partial charge on any atom is 0.251 e. The van der Waals surface area contributed by atoms with Crippen molar-refractivity contribution in [1.82, 2.24) is 15.6 Å². The molecule has 1 atom stereocenters. The highest BCUT2D eigenvalue weighted by Crippen LogP contribution is 1.95. The van der Waals surface area contributed by atoms with Crippen LogP contribution < -0.4 is 16.2 Å². The van der Waals surface area contributed by atoms with Gasteiger partial charge in [0.05, 0.1) is 13.2 Å². The smallest absolute Gasteiger partial charge is 0.251 e. The Morgan fingerprint density at radius 2 is 2.47 bits per heavy atom. The molecule has 6 nitrogen and oxygen atoms in total. The van der Waals surface area contributed by atoms with Crippen LogP contribution in [0.5, 0.6) is 0 Å². The number of nitrogens with one attached hydrogen (secondary N) is 3. The van der Waals surface area contributed by atoms with Crippen LogP contribution in [-0.2, 0) is 4.74 Å². The normalized spacial score (nSPS) is 19.9. The molecule has 0 radical (unpaired) electrons. The van der Waals surface area contributed by atoms with Gasteiger partial charge in [0.25, 0.3) is 5.91 Å². The lowest BCUT2D eigenvalue weighted by Gasteiger charge is -2.23. The lowest BCUT2D eigenvalue weighted by Crippen LogP contribution is -2.48. The van der Waals surface area contributed by atoms with Crippen LogP contribution in [-0.4, -0.2) is 43.2 Å². The molecular formula is C11H15N3O3. The van der Waals surface area contributed by atoms with Crippen molar-refractivity contribution in [1.29, 1.82) is 0 Å². The topological polar surface area (TPSA) is 83.2 Å². The van der Waals surface area contributed by atoms with Crippen molar-refractivity contribution >= 4 is 5.91 Å². The van der Waals surface area contributed by atoms with E-state index in [2.05, 4.69) is 15.6 Å². The van der Waals surface area contributed by atoms with Gasteiger partial charge < -0.3 is 20.4 Å². The zero-order valence-electron chi connectivity index (χ0n) is 9.36. The van der Waals surface area contributed by atoms with Gasteiger partial charge in [0.2, 0.25) is 5.56 Å². The van der Waals surface area contributed by atoms with E-state index in [-0.39, 0.29) is 17.5 Å². The first-order valence-electron chi connectivity index (χ1n) is 5.54. The molecule has 1 unspecified atom stereocenters. The van der Waals surface area contributed by atoms with Crippen LogP contribution in [0.1, 0.15) is 10.4 Å². The molecule has 1 amide bonds. The highest BCUT2D eigenvalue weighted by Gasteiger charge is 2.14. The minimum Gasteiger partial charge on any atom is -0.378 e. The van der Waals surface area contributed by atoms with Crippen LogP contribution >= 0.6 is 0 Å². The zero-order valence-corrected chi connectivity index (χ0v) is 9.36. The third kappa shape index (κ3) is 3.40. The number of hydrogen-bond acceptors (Lipinski definition) is 4. The molecule has 2 heterocycles.